The van der Waals surface area contributed by atoms with Crippen molar-refractivity contribution in [2.45, 2.75) is 45.6 Å². The first-order valence-corrected chi connectivity index (χ1v) is 12.1. The summed E-state index contributed by atoms with van der Waals surface area (Å²) in [6, 6.07) is 18.5. The molecule has 5 nitrogen and oxygen atoms in total. The number of nitrogens with two attached hydrogens (primary N) is 1. The van der Waals surface area contributed by atoms with Crippen LogP contribution in [0.3, 0.4) is 0 Å². The Balaban J connectivity index is 1.85. The summed E-state index contributed by atoms with van der Waals surface area (Å²) >= 11 is 3.52. The van der Waals surface area contributed by atoms with E-state index in [1.54, 1.807) is 0 Å². The van der Waals surface area contributed by atoms with E-state index in [1.807, 2.05) is 38.1 Å². The molecule has 0 bridgehead atoms. The van der Waals surface area contributed by atoms with Crippen LogP contribution in [0, 0.1) is 59.2 Å². The molecule has 2 aromatic carbocycles. The fraction of sp³-hybridized carbons (Fsp3) is 0.321. The zero-order chi connectivity index (χ0) is 24.5. The molecule has 0 saturated heterocycles. The number of fused-ring (bicyclic) bond motifs is 1. The predicted molar refractivity (Wildman–Crippen MR) is 133 cm³/mol. The summed E-state index contributed by atoms with van der Waals surface area (Å²) in [5, 5.41) is 30.4. The van der Waals surface area contributed by atoms with Gasteiger partial charge in [0, 0.05) is 5.92 Å². The first kappa shape index (κ1) is 23.6. The molecule has 0 fully saturated rings. The van der Waals surface area contributed by atoms with Crippen LogP contribution >= 0.6 is 15.9 Å². The van der Waals surface area contributed by atoms with Crippen molar-refractivity contribution in [3.63, 3.8) is 0 Å². The highest BCUT2D eigenvalue weighted by atomic mass is 79.9. The Morgan fingerprint density at radius 2 is 1.85 bits per heavy atom. The molecule has 2 aliphatic carbocycles. The Hall–Kier alpha value is -3.53. The summed E-state index contributed by atoms with van der Waals surface area (Å²) in [5.74, 6) is 0.163. The molecule has 2 atom stereocenters. The first-order valence-electron chi connectivity index (χ1n) is 11.3. The van der Waals surface area contributed by atoms with Crippen molar-refractivity contribution in [2.75, 3.05) is 0 Å². The van der Waals surface area contributed by atoms with E-state index in [9.17, 15) is 15.8 Å². The van der Waals surface area contributed by atoms with Crippen LogP contribution in [0.4, 0.5) is 0 Å². The number of nitriles is 3. The number of ether oxygens (including phenoxy) is 1. The third-order valence-electron chi connectivity index (χ3n) is 7.08. The number of aryl methyl sites for hydroxylation is 2. The lowest BCUT2D eigenvalue weighted by molar-refractivity contribution is 0.300. The average molecular weight is 513 g/mol. The monoisotopic (exact) mass is 512 g/mol. The van der Waals surface area contributed by atoms with E-state index in [-0.39, 0.29) is 11.6 Å². The van der Waals surface area contributed by atoms with Gasteiger partial charge in [-0.1, -0.05) is 30.3 Å². The van der Waals surface area contributed by atoms with Crippen molar-refractivity contribution < 1.29 is 4.74 Å². The Bertz CT molecular complexity index is 1320. The van der Waals surface area contributed by atoms with Gasteiger partial charge in [0.2, 0.25) is 0 Å². The number of hydrogen-bond donors (Lipinski definition) is 1. The lowest BCUT2D eigenvalue weighted by Gasteiger charge is -2.44. The second kappa shape index (κ2) is 9.38. The van der Waals surface area contributed by atoms with E-state index in [0.29, 0.717) is 12.2 Å². The fourth-order valence-electron chi connectivity index (χ4n) is 5.34. The number of nitrogens with zero attached hydrogens (tertiary/aromatic N) is 3. The van der Waals surface area contributed by atoms with Crippen LogP contribution in [0.5, 0.6) is 5.75 Å². The van der Waals surface area contributed by atoms with Gasteiger partial charge in [-0.05, 0) is 94.9 Å². The van der Waals surface area contributed by atoms with Crippen molar-refractivity contribution in [3.05, 3.63) is 86.0 Å². The molecule has 6 heteroatoms. The fourth-order valence-corrected chi connectivity index (χ4v) is 5.74. The van der Waals surface area contributed by atoms with Crippen LogP contribution in [-0.4, -0.2) is 0 Å². The molecule has 2 aliphatic rings. The highest BCUT2D eigenvalue weighted by molar-refractivity contribution is 9.10. The standard InChI is InChI=1S/C28H25BrN4O/c1-17-11-18(2)22(12-19(17)14-34-25-10-6-5-9-24(25)29)26-21-8-4-3-7-20(21)23(13-30)27(33)28(26,15-31)16-32/h5-7,9-12,21,26H,3-4,8,14,33H2,1-2H3/t21-,26-/m0/s1. The molecule has 0 radical (unpaired) electrons. The summed E-state index contributed by atoms with van der Waals surface area (Å²) in [6.07, 6.45) is 4.67. The Kier molecular flexibility index (Phi) is 6.52. The maximum atomic E-state index is 10.3. The second-order valence-corrected chi connectivity index (χ2v) is 9.82. The quantitative estimate of drug-likeness (QED) is 0.521. The second-order valence-electron chi connectivity index (χ2n) is 8.96. The van der Waals surface area contributed by atoms with Crippen LogP contribution in [-0.2, 0) is 6.61 Å². The molecule has 34 heavy (non-hydrogen) atoms. The SMILES string of the molecule is Cc1cc(C)c([C@@H]2[C@H]3CCCC=C3C(C#N)=C(N)C2(C#N)C#N)cc1COc1ccccc1Br. The molecular formula is C28H25BrN4O. The average Bonchev–Trinajstić information content (AvgIpc) is 2.84. The maximum Gasteiger partial charge on any atom is 0.191 e. The molecular weight excluding hydrogens is 488 g/mol. The molecule has 2 aromatic rings. The van der Waals surface area contributed by atoms with Crippen LogP contribution < -0.4 is 10.5 Å². The van der Waals surface area contributed by atoms with Crippen molar-refractivity contribution in [3.8, 4) is 24.0 Å². The summed E-state index contributed by atoms with van der Waals surface area (Å²) in [6.45, 7) is 4.39. The molecule has 0 aliphatic heterocycles. The molecule has 0 unspecified atom stereocenters. The molecule has 0 heterocycles. The zero-order valence-corrected chi connectivity index (χ0v) is 20.8. The molecule has 2 N–H and O–H groups in total. The Labute approximate surface area is 208 Å². The number of allylic oxidation sites excluding steroid dienone is 4. The van der Waals surface area contributed by atoms with Gasteiger partial charge < -0.3 is 10.5 Å². The van der Waals surface area contributed by atoms with Gasteiger partial charge in [-0.15, -0.1) is 0 Å². The molecule has 0 spiro atoms. The van der Waals surface area contributed by atoms with Crippen molar-refractivity contribution in [1.29, 1.82) is 15.8 Å². The third-order valence-corrected chi connectivity index (χ3v) is 7.73. The Morgan fingerprint density at radius 1 is 1.12 bits per heavy atom. The molecule has 0 saturated carbocycles. The summed E-state index contributed by atoms with van der Waals surface area (Å²) in [7, 11) is 0. The summed E-state index contributed by atoms with van der Waals surface area (Å²) in [4.78, 5) is 0. The summed E-state index contributed by atoms with van der Waals surface area (Å²) in [5.41, 5.74) is 10.0. The van der Waals surface area contributed by atoms with Gasteiger partial charge in [0.1, 0.15) is 18.4 Å². The van der Waals surface area contributed by atoms with Crippen LogP contribution in [0.15, 0.2) is 63.8 Å². The molecule has 170 valence electrons. The van der Waals surface area contributed by atoms with Gasteiger partial charge in [0.05, 0.1) is 27.9 Å². The number of halogens is 1. The highest BCUT2D eigenvalue weighted by Gasteiger charge is 2.54. The van der Waals surface area contributed by atoms with E-state index in [0.717, 1.165) is 57.3 Å². The van der Waals surface area contributed by atoms with Gasteiger partial charge in [0.25, 0.3) is 0 Å². The molecule has 0 amide bonds. The van der Waals surface area contributed by atoms with E-state index < -0.39 is 11.3 Å². The topological polar surface area (TPSA) is 107 Å². The molecule has 4 rings (SSSR count). The molecule has 0 aromatic heterocycles. The number of para-hydroxylation sites is 1. The maximum absolute atomic E-state index is 10.3. The number of hydrogen-bond acceptors (Lipinski definition) is 5. The van der Waals surface area contributed by atoms with Crippen LogP contribution in [0.1, 0.15) is 47.4 Å². The lowest BCUT2D eigenvalue weighted by atomic mass is 9.56. The van der Waals surface area contributed by atoms with Crippen LogP contribution in [0.25, 0.3) is 0 Å². The van der Waals surface area contributed by atoms with Gasteiger partial charge in [-0.25, -0.2) is 0 Å². The number of benzene rings is 2. The highest BCUT2D eigenvalue weighted by Crippen LogP contribution is 2.56. The van der Waals surface area contributed by atoms with E-state index in [2.05, 4.69) is 52.3 Å². The van der Waals surface area contributed by atoms with Gasteiger partial charge in [-0.2, -0.15) is 15.8 Å². The van der Waals surface area contributed by atoms with Gasteiger partial charge >= 0.3 is 0 Å². The summed E-state index contributed by atoms with van der Waals surface area (Å²) < 4.78 is 6.96. The Morgan fingerprint density at radius 3 is 2.53 bits per heavy atom. The normalized spacial score (nSPS) is 20.9. The minimum Gasteiger partial charge on any atom is -0.488 e. The predicted octanol–water partition coefficient (Wildman–Crippen LogP) is 6.24. The van der Waals surface area contributed by atoms with Crippen molar-refractivity contribution in [2.24, 2.45) is 17.1 Å². The minimum atomic E-state index is -1.61. The van der Waals surface area contributed by atoms with Gasteiger partial charge in [-0.3, -0.25) is 0 Å². The smallest absolute Gasteiger partial charge is 0.191 e. The van der Waals surface area contributed by atoms with Crippen LogP contribution in [0.2, 0.25) is 0 Å². The number of rotatable bonds is 4. The lowest BCUT2D eigenvalue weighted by Crippen LogP contribution is -2.43. The third kappa shape index (κ3) is 3.77. The van der Waals surface area contributed by atoms with Gasteiger partial charge in [0.15, 0.2) is 5.41 Å². The van der Waals surface area contributed by atoms with E-state index in [1.165, 1.54) is 0 Å². The van der Waals surface area contributed by atoms with E-state index >= 15 is 0 Å². The zero-order valence-electron chi connectivity index (χ0n) is 19.2. The van der Waals surface area contributed by atoms with E-state index in [4.69, 9.17) is 10.5 Å². The van der Waals surface area contributed by atoms with Crippen molar-refractivity contribution >= 4 is 15.9 Å². The minimum absolute atomic E-state index is 0.0698. The largest absolute Gasteiger partial charge is 0.488 e. The van der Waals surface area contributed by atoms with Crippen molar-refractivity contribution in [1.82, 2.24) is 0 Å². The first-order chi connectivity index (χ1) is 16.4.